The molecule has 0 atom stereocenters. The minimum absolute atomic E-state index is 0.0792. The van der Waals surface area contributed by atoms with Crippen molar-refractivity contribution in [3.05, 3.63) is 89.5 Å². The van der Waals surface area contributed by atoms with Crippen molar-refractivity contribution < 1.29 is 18.6 Å². The average Bonchev–Trinajstić information content (AvgIpc) is 3.35. The van der Waals surface area contributed by atoms with Crippen LogP contribution in [0.5, 0.6) is 5.75 Å². The summed E-state index contributed by atoms with van der Waals surface area (Å²) >= 11 is 0. The Bertz CT molecular complexity index is 1500. The fourth-order valence-corrected chi connectivity index (χ4v) is 6.13. The molecule has 3 aromatic rings. The molecule has 0 saturated carbocycles. The van der Waals surface area contributed by atoms with E-state index in [1.165, 1.54) is 22.6 Å². The van der Waals surface area contributed by atoms with Gasteiger partial charge in [0.25, 0.3) is 0 Å². The van der Waals surface area contributed by atoms with Crippen LogP contribution in [-0.2, 0) is 21.3 Å². The van der Waals surface area contributed by atoms with Crippen LogP contribution in [0.1, 0.15) is 79.0 Å². The molecular weight excluding hydrogens is 531 g/mol. The molecule has 0 bridgehead atoms. The molecule has 1 fully saturated rings. The van der Waals surface area contributed by atoms with Crippen LogP contribution in [0.15, 0.2) is 72.8 Å². The third-order valence-corrected chi connectivity index (χ3v) is 9.56. The van der Waals surface area contributed by atoms with Crippen LogP contribution in [0.4, 0.5) is 11.4 Å². The number of hydrogen-bond acceptors (Lipinski definition) is 4. The quantitative estimate of drug-likeness (QED) is 0.184. The summed E-state index contributed by atoms with van der Waals surface area (Å²) in [6.45, 7) is 22.8. The first-order valence-corrected chi connectivity index (χ1v) is 15.8. The molecule has 0 unspecified atom stereocenters. The molecule has 6 heteroatoms. The van der Waals surface area contributed by atoms with E-state index in [2.05, 4.69) is 151 Å². The molecular formula is C37H48BN2O3+. The number of benzene rings is 3. The lowest BCUT2D eigenvalue weighted by Crippen LogP contribution is -2.41. The Labute approximate surface area is 259 Å². The highest BCUT2D eigenvalue weighted by Gasteiger charge is 2.51. The topological polar surface area (TPSA) is 33.9 Å². The minimum Gasteiger partial charge on any atom is -0.488 e. The van der Waals surface area contributed by atoms with Crippen molar-refractivity contribution in [2.75, 3.05) is 24.5 Å². The average molecular weight is 580 g/mol. The second-order valence-corrected chi connectivity index (χ2v) is 13.1. The van der Waals surface area contributed by atoms with Gasteiger partial charge in [-0.2, -0.15) is 4.58 Å². The Morgan fingerprint density at radius 3 is 2.09 bits per heavy atom. The van der Waals surface area contributed by atoms with Gasteiger partial charge in [0.05, 0.1) is 16.6 Å². The molecule has 0 amide bonds. The van der Waals surface area contributed by atoms with Gasteiger partial charge in [-0.1, -0.05) is 42.5 Å². The highest BCUT2D eigenvalue weighted by atomic mass is 16.7. The fourth-order valence-electron chi connectivity index (χ4n) is 6.13. The van der Waals surface area contributed by atoms with Gasteiger partial charge >= 0.3 is 7.12 Å². The van der Waals surface area contributed by atoms with Gasteiger partial charge < -0.3 is 18.9 Å². The molecule has 0 spiro atoms. The number of para-hydroxylation sites is 1. The van der Waals surface area contributed by atoms with Gasteiger partial charge in [0.1, 0.15) is 18.9 Å². The van der Waals surface area contributed by atoms with Crippen LogP contribution in [0.25, 0.3) is 6.08 Å². The zero-order valence-corrected chi connectivity index (χ0v) is 27.5. The van der Waals surface area contributed by atoms with Crippen LogP contribution in [-0.4, -0.2) is 48.2 Å². The maximum absolute atomic E-state index is 6.55. The smallest absolute Gasteiger partial charge is 0.488 e. The molecule has 1 saturated heterocycles. The first kappa shape index (κ1) is 31.1. The monoisotopic (exact) mass is 579 g/mol. The Morgan fingerprint density at radius 2 is 1.47 bits per heavy atom. The first-order chi connectivity index (χ1) is 20.4. The zero-order valence-electron chi connectivity index (χ0n) is 27.5. The molecule has 0 radical (unpaired) electrons. The molecule has 43 heavy (non-hydrogen) atoms. The largest absolute Gasteiger partial charge is 0.494 e. The second kappa shape index (κ2) is 12.0. The molecule has 5 rings (SSSR count). The summed E-state index contributed by atoms with van der Waals surface area (Å²) in [5.74, 6) is 0.882. The molecule has 5 nitrogen and oxygen atoms in total. The lowest BCUT2D eigenvalue weighted by Gasteiger charge is -2.32. The van der Waals surface area contributed by atoms with E-state index in [0.717, 1.165) is 42.0 Å². The summed E-state index contributed by atoms with van der Waals surface area (Å²) in [6, 6.07) is 23.7. The molecule has 0 aliphatic carbocycles. The highest BCUT2D eigenvalue weighted by molar-refractivity contribution is 6.62. The van der Waals surface area contributed by atoms with E-state index in [-0.39, 0.29) is 23.7 Å². The van der Waals surface area contributed by atoms with Crippen LogP contribution < -0.4 is 15.1 Å². The second-order valence-electron chi connectivity index (χ2n) is 13.1. The van der Waals surface area contributed by atoms with Crippen molar-refractivity contribution in [3.8, 4) is 5.75 Å². The number of hydrogen-bond donors (Lipinski definition) is 0. The minimum atomic E-state index is -0.367. The number of nitrogens with zero attached hydrogens (tertiary/aromatic N) is 2. The predicted octanol–water partition coefficient (Wildman–Crippen LogP) is 7.52. The van der Waals surface area contributed by atoms with E-state index < -0.39 is 0 Å². The molecule has 0 N–H and O–H groups in total. The molecule has 226 valence electrons. The highest BCUT2D eigenvalue weighted by Crippen LogP contribution is 2.40. The van der Waals surface area contributed by atoms with Gasteiger partial charge in [-0.15, -0.1) is 0 Å². The zero-order chi connectivity index (χ0) is 31.0. The molecule has 2 aliphatic heterocycles. The van der Waals surface area contributed by atoms with Crippen LogP contribution in [0.3, 0.4) is 0 Å². The van der Waals surface area contributed by atoms with Gasteiger partial charge in [0.2, 0.25) is 5.69 Å². The van der Waals surface area contributed by atoms with Crippen molar-refractivity contribution in [1.29, 1.82) is 0 Å². The summed E-state index contributed by atoms with van der Waals surface area (Å²) in [7, 11) is -0.367. The number of anilines is 1. The van der Waals surface area contributed by atoms with Gasteiger partial charge in [-0.25, -0.2) is 0 Å². The molecule has 2 heterocycles. The van der Waals surface area contributed by atoms with Crippen molar-refractivity contribution >= 4 is 35.7 Å². The summed E-state index contributed by atoms with van der Waals surface area (Å²) in [6.07, 6.45) is 4.50. The standard InChI is InChI=1S/C37H48BN2O3/c1-10-39(11-2)30-23-19-28(20-24-34-35(4,5)31-15-13-14-16-32(31)40(34)12-3)33(25-30)41-26-27-17-21-29(22-18-27)38-42-36(6,7)37(8,9)43-38/h13-25H,10-12,26H2,1-9H3/q+1. The lowest BCUT2D eigenvalue weighted by molar-refractivity contribution is -0.433. The normalized spacial score (nSPS) is 18.4. The number of ether oxygens (including phenoxy) is 1. The van der Waals surface area contributed by atoms with Crippen molar-refractivity contribution in [2.24, 2.45) is 0 Å². The van der Waals surface area contributed by atoms with Gasteiger partial charge in [-0.3, -0.25) is 0 Å². The van der Waals surface area contributed by atoms with E-state index >= 15 is 0 Å². The van der Waals surface area contributed by atoms with Gasteiger partial charge in [0.15, 0.2) is 5.71 Å². The van der Waals surface area contributed by atoms with Crippen molar-refractivity contribution in [3.63, 3.8) is 0 Å². The summed E-state index contributed by atoms with van der Waals surface area (Å²) < 4.78 is 21.5. The lowest BCUT2D eigenvalue weighted by atomic mass is 9.79. The van der Waals surface area contributed by atoms with Crippen molar-refractivity contribution in [2.45, 2.75) is 85.5 Å². The third-order valence-electron chi connectivity index (χ3n) is 9.56. The predicted molar refractivity (Wildman–Crippen MR) is 180 cm³/mol. The molecule has 0 aromatic heterocycles. The summed E-state index contributed by atoms with van der Waals surface area (Å²) in [5, 5.41) is 0. The van der Waals surface area contributed by atoms with Crippen LogP contribution in [0.2, 0.25) is 0 Å². The van der Waals surface area contributed by atoms with E-state index in [1.807, 2.05) is 0 Å². The van der Waals surface area contributed by atoms with Gasteiger partial charge in [0, 0.05) is 48.1 Å². The Balaban J connectivity index is 1.40. The van der Waals surface area contributed by atoms with Crippen LogP contribution >= 0.6 is 0 Å². The number of rotatable bonds is 10. The van der Waals surface area contributed by atoms with Gasteiger partial charge in [-0.05, 0) is 91.5 Å². The van der Waals surface area contributed by atoms with E-state index in [1.54, 1.807) is 0 Å². The SMILES string of the molecule is CCN(CC)c1ccc(/C=C/C2=[N+](CC)c3ccccc3C2(C)C)c(OCc2ccc(B3OC(C)(C)C(C)(C)O3)cc2)c1. The maximum Gasteiger partial charge on any atom is 0.494 e. The van der Waals surface area contributed by atoms with Crippen LogP contribution in [0, 0.1) is 0 Å². The molecule has 3 aromatic carbocycles. The Kier molecular flexibility index (Phi) is 8.66. The third kappa shape index (κ3) is 5.92. The number of fused-ring (bicyclic) bond motifs is 1. The molecule has 2 aliphatic rings. The fraction of sp³-hybridized carbons (Fsp3) is 0.432. The summed E-state index contributed by atoms with van der Waals surface area (Å²) in [4.78, 5) is 2.35. The van der Waals surface area contributed by atoms with Crippen molar-refractivity contribution in [1.82, 2.24) is 0 Å². The Hall–Kier alpha value is -3.35. The van der Waals surface area contributed by atoms with E-state index in [9.17, 15) is 0 Å². The first-order valence-electron chi connectivity index (χ1n) is 15.8. The Morgan fingerprint density at radius 1 is 0.814 bits per heavy atom. The van der Waals surface area contributed by atoms with E-state index in [0.29, 0.717) is 6.61 Å². The summed E-state index contributed by atoms with van der Waals surface area (Å²) in [5.41, 5.74) is 7.53. The van der Waals surface area contributed by atoms with E-state index in [4.69, 9.17) is 14.0 Å². The number of allylic oxidation sites excluding steroid dienone is 1. The maximum atomic E-state index is 6.55.